The molecule has 0 atom stereocenters. The maximum atomic E-state index is 12.4. The van der Waals surface area contributed by atoms with Gasteiger partial charge in [0.15, 0.2) is 5.96 Å². The van der Waals surface area contributed by atoms with Crippen molar-refractivity contribution >= 4 is 11.9 Å². The summed E-state index contributed by atoms with van der Waals surface area (Å²) in [5, 5.41) is 6.38. The summed E-state index contributed by atoms with van der Waals surface area (Å²) >= 11 is 0. The molecule has 126 valence electrons. The molecule has 0 unspecified atom stereocenters. The summed E-state index contributed by atoms with van der Waals surface area (Å²) < 4.78 is 0. The van der Waals surface area contributed by atoms with Crippen molar-refractivity contribution in [3.8, 4) is 0 Å². The lowest BCUT2D eigenvalue weighted by atomic mass is 9.99. The number of nitrogens with one attached hydrogen (secondary N) is 2. The first-order valence-corrected chi connectivity index (χ1v) is 8.61. The summed E-state index contributed by atoms with van der Waals surface area (Å²) in [5.41, 5.74) is 2.66. The average molecular weight is 316 g/mol. The number of aliphatic imine (C=N–C) groups is 1. The number of carbonyl (C=O) groups is 1. The molecular formula is C18H28N4O. The minimum atomic E-state index is 0.239. The number of benzene rings is 1. The molecule has 2 rings (SSSR count). The second-order valence-corrected chi connectivity index (χ2v) is 5.73. The molecule has 0 radical (unpaired) electrons. The SMILES string of the molecule is CCNC(=NCCCC(=O)N1CCc2ccccc2C1)NCC. The van der Waals surface area contributed by atoms with Gasteiger partial charge in [-0.3, -0.25) is 9.79 Å². The van der Waals surface area contributed by atoms with E-state index < -0.39 is 0 Å². The third-order valence-corrected chi connectivity index (χ3v) is 3.99. The first-order valence-electron chi connectivity index (χ1n) is 8.61. The van der Waals surface area contributed by atoms with Gasteiger partial charge in [-0.2, -0.15) is 0 Å². The van der Waals surface area contributed by atoms with Crippen molar-refractivity contribution in [3.63, 3.8) is 0 Å². The van der Waals surface area contributed by atoms with E-state index in [2.05, 4.69) is 33.8 Å². The van der Waals surface area contributed by atoms with E-state index in [9.17, 15) is 4.79 Å². The Morgan fingerprint density at radius 2 is 1.87 bits per heavy atom. The van der Waals surface area contributed by atoms with Crippen molar-refractivity contribution in [1.82, 2.24) is 15.5 Å². The van der Waals surface area contributed by atoms with Crippen molar-refractivity contribution in [2.24, 2.45) is 4.99 Å². The molecule has 1 amide bonds. The number of nitrogens with zero attached hydrogens (tertiary/aromatic N) is 2. The molecule has 23 heavy (non-hydrogen) atoms. The Labute approximate surface area is 139 Å². The van der Waals surface area contributed by atoms with Crippen LogP contribution in [0.2, 0.25) is 0 Å². The Kier molecular flexibility index (Phi) is 6.91. The fourth-order valence-electron chi connectivity index (χ4n) is 2.80. The molecule has 0 saturated carbocycles. The van der Waals surface area contributed by atoms with Crippen LogP contribution in [0.5, 0.6) is 0 Å². The molecular weight excluding hydrogens is 288 g/mol. The zero-order chi connectivity index (χ0) is 16.5. The fourth-order valence-corrected chi connectivity index (χ4v) is 2.80. The number of hydrogen-bond donors (Lipinski definition) is 2. The van der Waals surface area contributed by atoms with Gasteiger partial charge in [-0.15, -0.1) is 0 Å². The Morgan fingerprint density at radius 1 is 1.17 bits per heavy atom. The van der Waals surface area contributed by atoms with E-state index in [1.807, 2.05) is 24.8 Å². The lowest BCUT2D eigenvalue weighted by Crippen LogP contribution is -2.37. The van der Waals surface area contributed by atoms with E-state index in [4.69, 9.17) is 0 Å². The van der Waals surface area contributed by atoms with Gasteiger partial charge in [-0.05, 0) is 37.8 Å². The second kappa shape index (κ2) is 9.18. The Morgan fingerprint density at radius 3 is 2.57 bits per heavy atom. The predicted molar refractivity (Wildman–Crippen MR) is 94.5 cm³/mol. The van der Waals surface area contributed by atoms with Crippen LogP contribution in [0.15, 0.2) is 29.3 Å². The van der Waals surface area contributed by atoms with Crippen LogP contribution in [0, 0.1) is 0 Å². The summed E-state index contributed by atoms with van der Waals surface area (Å²) in [5.74, 6) is 1.07. The minimum absolute atomic E-state index is 0.239. The van der Waals surface area contributed by atoms with Crippen LogP contribution in [-0.2, 0) is 17.8 Å². The molecule has 0 spiro atoms. The number of amides is 1. The third kappa shape index (κ3) is 5.27. The summed E-state index contributed by atoms with van der Waals surface area (Å²) in [4.78, 5) is 18.8. The fraction of sp³-hybridized carbons (Fsp3) is 0.556. The van der Waals surface area contributed by atoms with Gasteiger partial charge in [0.25, 0.3) is 0 Å². The van der Waals surface area contributed by atoms with Crippen LogP contribution in [-0.4, -0.2) is 42.9 Å². The highest BCUT2D eigenvalue weighted by molar-refractivity contribution is 5.79. The van der Waals surface area contributed by atoms with E-state index in [1.54, 1.807) is 0 Å². The molecule has 1 aromatic rings. The molecule has 1 aliphatic rings. The first kappa shape index (κ1) is 17.3. The highest BCUT2D eigenvalue weighted by atomic mass is 16.2. The van der Waals surface area contributed by atoms with Crippen LogP contribution in [0.4, 0.5) is 0 Å². The van der Waals surface area contributed by atoms with Crippen molar-refractivity contribution in [3.05, 3.63) is 35.4 Å². The molecule has 1 heterocycles. The van der Waals surface area contributed by atoms with Crippen molar-refractivity contribution < 1.29 is 4.79 Å². The molecule has 0 fully saturated rings. The van der Waals surface area contributed by atoms with Gasteiger partial charge in [-0.1, -0.05) is 24.3 Å². The topological polar surface area (TPSA) is 56.7 Å². The molecule has 0 aromatic heterocycles. The Balaban J connectivity index is 1.76. The maximum Gasteiger partial charge on any atom is 0.222 e. The van der Waals surface area contributed by atoms with Gasteiger partial charge in [-0.25, -0.2) is 0 Å². The molecule has 5 heteroatoms. The molecule has 1 aliphatic heterocycles. The zero-order valence-electron chi connectivity index (χ0n) is 14.3. The highest BCUT2D eigenvalue weighted by Gasteiger charge is 2.19. The Bertz CT molecular complexity index is 534. The number of carbonyl (C=O) groups excluding carboxylic acids is 1. The van der Waals surface area contributed by atoms with Gasteiger partial charge >= 0.3 is 0 Å². The van der Waals surface area contributed by atoms with Crippen molar-refractivity contribution in [2.45, 2.75) is 39.7 Å². The smallest absolute Gasteiger partial charge is 0.222 e. The molecule has 2 N–H and O–H groups in total. The predicted octanol–water partition coefficient (Wildman–Crippen LogP) is 1.93. The van der Waals surface area contributed by atoms with E-state index in [1.165, 1.54) is 11.1 Å². The highest BCUT2D eigenvalue weighted by Crippen LogP contribution is 2.19. The summed E-state index contributed by atoms with van der Waals surface area (Å²) in [6, 6.07) is 8.40. The maximum absolute atomic E-state index is 12.4. The molecule has 0 aliphatic carbocycles. The minimum Gasteiger partial charge on any atom is -0.357 e. The molecule has 1 aromatic carbocycles. The van der Waals surface area contributed by atoms with E-state index in [0.717, 1.165) is 45.0 Å². The molecule has 0 bridgehead atoms. The summed E-state index contributed by atoms with van der Waals surface area (Å²) in [7, 11) is 0. The number of fused-ring (bicyclic) bond motifs is 1. The summed E-state index contributed by atoms with van der Waals surface area (Å²) in [6.07, 6.45) is 2.32. The van der Waals surface area contributed by atoms with E-state index in [-0.39, 0.29) is 5.91 Å². The second-order valence-electron chi connectivity index (χ2n) is 5.73. The van der Waals surface area contributed by atoms with Gasteiger partial charge < -0.3 is 15.5 Å². The zero-order valence-corrected chi connectivity index (χ0v) is 14.3. The number of hydrogen-bond acceptors (Lipinski definition) is 2. The van der Waals surface area contributed by atoms with Gasteiger partial charge in [0.2, 0.25) is 5.91 Å². The molecule has 5 nitrogen and oxygen atoms in total. The van der Waals surface area contributed by atoms with E-state index >= 15 is 0 Å². The van der Waals surface area contributed by atoms with E-state index in [0.29, 0.717) is 13.0 Å². The van der Waals surface area contributed by atoms with Crippen LogP contribution < -0.4 is 10.6 Å². The van der Waals surface area contributed by atoms with Crippen LogP contribution in [0.1, 0.15) is 37.8 Å². The van der Waals surface area contributed by atoms with Gasteiger partial charge in [0.05, 0.1) is 0 Å². The number of rotatable bonds is 6. The summed E-state index contributed by atoms with van der Waals surface area (Å²) in [6.45, 7) is 8.04. The average Bonchev–Trinajstić information content (AvgIpc) is 2.58. The van der Waals surface area contributed by atoms with Crippen LogP contribution in [0.25, 0.3) is 0 Å². The first-order chi connectivity index (χ1) is 11.2. The van der Waals surface area contributed by atoms with Gasteiger partial charge in [0, 0.05) is 39.1 Å². The lowest BCUT2D eigenvalue weighted by molar-refractivity contribution is -0.132. The van der Waals surface area contributed by atoms with Gasteiger partial charge in [0.1, 0.15) is 0 Å². The standard InChI is InChI=1S/C18H28N4O/c1-3-19-18(20-4-2)21-12-7-10-17(23)22-13-11-15-8-5-6-9-16(15)14-22/h5-6,8-9H,3-4,7,10-14H2,1-2H3,(H2,19,20,21). The third-order valence-electron chi connectivity index (χ3n) is 3.99. The van der Waals surface area contributed by atoms with Crippen LogP contribution in [0.3, 0.4) is 0 Å². The van der Waals surface area contributed by atoms with Crippen molar-refractivity contribution in [2.75, 3.05) is 26.2 Å². The Hall–Kier alpha value is -2.04. The van der Waals surface area contributed by atoms with Crippen molar-refractivity contribution in [1.29, 1.82) is 0 Å². The quantitative estimate of drug-likeness (QED) is 0.479. The van der Waals surface area contributed by atoms with Crippen LogP contribution >= 0.6 is 0 Å². The molecule has 0 saturated heterocycles. The monoisotopic (exact) mass is 316 g/mol. The number of guanidine groups is 1. The normalized spacial score (nSPS) is 13.2. The largest absolute Gasteiger partial charge is 0.357 e. The lowest BCUT2D eigenvalue weighted by Gasteiger charge is -2.28.